The highest BCUT2D eigenvalue weighted by Gasteiger charge is 2.47. The molecule has 8 heteroatoms. The lowest BCUT2D eigenvalue weighted by Gasteiger charge is -2.31. The summed E-state index contributed by atoms with van der Waals surface area (Å²) in [5.41, 5.74) is 0. The normalized spacial score (nSPS) is 25.5. The first-order valence-corrected chi connectivity index (χ1v) is 10.8. The molecule has 3 unspecified atom stereocenters. The van der Waals surface area contributed by atoms with Crippen LogP contribution in [0.1, 0.15) is 22.5 Å². The van der Waals surface area contributed by atoms with Gasteiger partial charge in [0.2, 0.25) is 10.0 Å². The van der Waals surface area contributed by atoms with Gasteiger partial charge in [-0.2, -0.15) is 0 Å². The molecule has 2 heterocycles. The van der Waals surface area contributed by atoms with Crippen LogP contribution in [0.3, 0.4) is 0 Å². The molecule has 25 heavy (non-hydrogen) atoms. The maximum absolute atomic E-state index is 12.6. The van der Waals surface area contributed by atoms with Crippen LogP contribution in [-0.4, -0.2) is 37.9 Å². The van der Waals surface area contributed by atoms with E-state index < -0.39 is 10.0 Å². The molecular formula is C17H17ClN2O3S2. The summed E-state index contributed by atoms with van der Waals surface area (Å²) in [6, 6.07) is 11.8. The Hall–Kier alpha value is -1.41. The molecule has 1 saturated carbocycles. The van der Waals surface area contributed by atoms with Gasteiger partial charge in [0, 0.05) is 18.6 Å². The second-order valence-electron chi connectivity index (χ2n) is 6.49. The molecule has 2 aliphatic rings. The van der Waals surface area contributed by atoms with Gasteiger partial charge in [-0.15, -0.1) is 11.3 Å². The van der Waals surface area contributed by atoms with Crippen molar-refractivity contribution in [3.63, 3.8) is 0 Å². The Labute approximate surface area is 155 Å². The number of piperidine rings is 1. The second kappa shape index (κ2) is 6.39. The lowest BCUT2D eigenvalue weighted by atomic mass is 10.0. The van der Waals surface area contributed by atoms with E-state index in [9.17, 15) is 13.2 Å². The fourth-order valence-electron chi connectivity index (χ4n) is 3.78. The molecule has 1 aromatic heterocycles. The Morgan fingerprint density at radius 3 is 2.52 bits per heavy atom. The topological polar surface area (TPSA) is 66.5 Å². The van der Waals surface area contributed by atoms with Crippen molar-refractivity contribution in [2.45, 2.75) is 29.8 Å². The van der Waals surface area contributed by atoms with Crippen LogP contribution >= 0.6 is 22.9 Å². The summed E-state index contributed by atoms with van der Waals surface area (Å²) < 4.78 is 28.4. The number of sulfonamides is 1. The minimum absolute atomic E-state index is 0.00577. The summed E-state index contributed by atoms with van der Waals surface area (Å²) in [5.74, 6) is 0.150. The summed E-state index contributed by atoms with van der Waals surface area (Å²) in [7, 11) is -3.52. The first-order chi connectivity index (χ1) is 11.9. The van der Waals surface area contributed by atoms with Crippen molar-refractivity contribution in [1.82, 2.24) is 9.62 Å². The number of hydrogen-bond acceptors (Lipinski definition) is 4. The number of amides is 1. The number of benzene rings is 1. The molecule has 132 valence electrons. The molecule has 2 bridgehead atoms. The Morgan fingerprint density at radius 2 is 1.92 bits per heavy atom. The SMILES string of the molecule is O=C(c1ccc(Cl)s1)N1CC2CC1CC2NS(=O)(=O)c1ccccc1. The van der Waals surface area contributed by atoms with Crippen molar-refractivity contribution in [2.24, 2.45) is 5.92 Å². The number of likely N-dealkylation sites (tertiary alicyclic amines) is 1. The van der Waals surface area contributed by atoms with E-state index in [0.717, 1.165) is 6.42 Å². The molecule has 1 aliphatic heterocycles. The average Bonchev–Trinajstić information content (AvgIpc) is 3.30. The van der Waals surface area contributed by atoms with Gasteiger partial charge in [0.15, 0.2) is 0 Å². The summed E-state index contributed by atoms with van der Waals surface area (Å²) >= 11 is 7.20. The van der Waals surface area contributed by atoms with Crippen LogP contribution in [0.4, 0.5) is 0 Å². The molecule has 1 amide bonds. The van der Waals surface area contributed by atoms with Crippen LogP contribution < -0.4 is 4.72 Å². The Bertz CT molecular complexity index is 898. The van der Waals surface area contributed by atoms with Crippen molar-refractivity contribution >= 4 is 38.9 Å². The van der Waals surface area contributed by atoms with Crippen molar-refractivity contribution in [1.29, 1.82) is 0 Å². The summed E-state index contributed by atoms with van der Waals surface area (Å²) in [6.45, 7) is 0.584. The maximum Gasteiger partial charge on any atom is 0.264 e. The highest BCUT2D eigenvalue weighted by Crippen LogP contribution is 2.40. The molecule has 0 spiro atoms. The zero-order valence-corrected chi connectivity index (χ0v) is 15.7. The summed E-state index contributed by atoms with van der Waals surface area (Å²) in [6.07, 6.45) is 1.49. The fraction of sp³-hybridized carbons (Fsp3) is 0.353. The predicted molar refractivity (Wildman–Crippen MR) is 97.4 cm³/mol. The lowest BCUT2D eigenvalue weighted by Crippen LogP contribution is -2.47. The largest absolute Gasteiger partial charge is 0.335 e. The molecule has 4 rings (SSSR count). The Balaban J connectivity index is 1.44. The first-order valence-electron chi connectivity index (χ1n) is 8.08. The number of carbonyl (C=O) groups is 1. The molecule has 1 aliphatic carbocycles. The third-order valence-electron chi connectivity index (χ3n) is 4.95. The molecule has 0 radical (unpaired) electrons. The quantitative estimate of drug-likeness (QED) is 0.863. The van der Waals surface area contributed by atoms with E-state index in [1.807, 2.05) is 4.90 Å². The first kappa shape index (κ1) is 17.0. The van der Waals surface area contributed by atoms with Crippen molar-refractivity contribution in [3.8, 4) is 0 Å². The van der Waals surface area contributed by atoms with Crippen LogP contribution in [0.2, 0.25) is 4.34 Å². The summed E-state index contributed by atoms with van der Waals surface area (Å²) in [4.78, 5) is 15.4. The molecule has 2 aromatic rings. The maximum atomic E-state index is 12.6. The van der Waals surface area contributed by atoms with E-state index in [1.54, 1.807) is 42.5 Å². The number of nitrogens with one attached hydrogen (secondary N) is 1. The fourth-order valence-corrected chi connectivity index (χ4v) is 6.12. The van der Waals surface area contributed by atoms with Crippen LogP contribution in [0, 0.1) is 5.92 Å². The van der Waals surface area contributed by atoms with E-state index in [2.05, 4.69) is 4.72 Å². The number of rotatable bonds is 4. The molecule has 2 fully saturated rings. The van der Waals surface area contributed by atoms with Crippen LogP contribution in [-0.2, 0) is 10.0 Å². The van der Waals surface area contributed by atoms with E-state index in [0.29, 0.717) is 22.2 Å². The minimum atomic E-state index is -3.52. The highest BCUT2D eigenvalue weighted by atomic mass is 35.5. The molecule has 1 N–H and O–H groups in total. The number of hydrogen-bond donors (Lipinski definition) is 1. The smallest absolute Gasteiger partial charge is 0.264 e. The molecule has 3 atom stereocenters. The zero-order chi connectivity index (χ0) is 17.6. The molecular weight excluding hydrogens is 380 g/mol. The third kappa shape index (κ3) is 3.21. The van der Waals surface area contributed by atoms with Gasteiger partial charge in [-0.1, -0.05) is 29.8 Å². The van der Waals surface area contributed by atoms with Gasteiger partial charge in [-0.3, -0.25) is 4.79 Å². The van der Waals surface area contributed by atoms with E-state index >= 15 is 0 Å². The molecule has 1 aromatic carbocycles. The van der Waals surface area contributed by atoms with Crippen LogP contribution in [0.5, 0.6) is 0 Å². The van der Waals surface area contributed by atoms with Gasteiger partial charge in [0.05, 0.1) is 14.1 Å². The van der Waals surface area contributed by atoms with Crippen LogP contribution in [0.25, 0.3) is 0 Å². The van der Waals surface area contributed by atoms with Crippen molar-refractivity contribution in [2.75, 3.05) is 6.54 Å². The Morgan fingerprint density at radius 1 is 1.16 bits per heavy atom. The van der Waals surface area contributed by atoms with E-state index in [1.165, 1.54) is 11.3 Å². The molecule has 1 saturated heterocycles. The lowest BCUT2D eigenvalue weighted by molar-refractivity contribution is 0.0696. The van der Waals surface area contributed by atoms with Crippen molar-refractivity contribution in [3.05, 3.63) is 51.7 Å². The third-order valence-corrected chi connectivity index (χ3v) is 7.67. The van der Waals surface area contributed by atoms with Gasteiger partial charge >= 0.3 is 0 Å². The predicted octanol–water partition coefficient (Wildman–Crippen LogP) is 2.98. The van der Waals surface area contributed by atoms with Gasteiger partial charge in [0.25, 0.3) is 5.91 Å². The number of nitrogens with zero attached hydrogens (tertiary/aromatic N) is 1. The molecule has 5 nitrogen and oxygen atoms in total. The number of halogens is 1. The van der Waals surface area contributed by atoms with Gasteiger partial charge < -0.3 is 4.90 Å². The minimum Gasteiger partial charge on any atom is -0.335 e. The van der Waals surface area contributed by atoms with Gasteiger partial charge in [-0.25, -0.2) is 13.1 Å². The number of fused-ring (bicyclic) bond motifs is 2. The average molecular weight is 397 g/mol. The van der Waals surface area contributed by atoms with Crippen LogP contribution in [0.15, 0.2) is 47.4 Å². The van der Waals surface area contributed by atoms with E-state index in [4.69, 9.17) is 11.6 Å². The zero-order valence-electron chi connectivity index (χ0n) is 13.3. The standard InChI is InChI=1S/C17H17ClN2O3S2/c18-16-7-6-15(24-16)17(21)20-10-11-8-12(20)9-14(11)19-25(22,23)13-4-2-1-3-5-13/h1-7,11-12,14,19H,8-10H2. The van der Waals surface area contributed by atoms with Crippen molar-refractivity contribution < 1.29 is 13.2 Å². The Kier molecular flexibility index (Phi) is 4.35. The van der Waals surface area contributed by atoms with Gasteiger partial charge in [-0.05, 0) is 43.0 Å². The summed E-state index contributed by atoms with van der Waals surface area (Å²) in [5, 5.41) is 0. The number of thiophene rings is 1. The van der Waals surface area contributed by atoms with E-state index in [-0.39, 0.29) is 28.8 Å². The highest BCUT2D eigenvalue weighted by molar-refractivity contribution is 7.89. The second-order valence-corrected chi connectivity index (χ2v) is 9.92. The van der Waals surface area contributed by atoms with Gasteiger partial charge in [0.1, 0.15) is 0 Å². The monoisotopic (exact) mass is 396 g/mol. The number of carbonyl (C=O) groups excluding carboxylic acids is 1.